The minimum absolute atomic E-state index is 0.152. The lowest BCUT2D eigenvalue weighted by molar-refractivity contribution is -0.113. The van der Waals surface area contributed by atoms with E-state index in [0.717, 1.165) is 11.4 Å². The van der Waals surface area contributed by atoms with Gasteiger partial charge in [-0.2, -0.15) is 0 Å². The van der Waals surface area contributed by atoms with E-state index in [2.05, 4.69) is 34.7 Å². The first-order valence-corrected chi connectivity index (χ1v) is 10.4. The van der Waals surface area contributed by atoms with Crippen molar-refractivity contribution in [3.05, 3.63) is 34.0 Å². The van der Waals surface area contributed by atoms with Crippen LogP contribution >= 0.6 is 23.1 Å². The number of amides is 1. The number of nitrogens with one attached hydrogen (secondary N) is 1. The number of thioether (sulfide) groups is 1. The van der Waals surface area contributed by atoms with E-state index in [-0.39, 0.29) is 11.7 Å². The van der Waals surface area contributed by atoms with E-state index in [1.807, 2.05) is 11.6 Å². The molecule has 0 bridgehead atoms. The number of aromatic nitrogens is 3. The summed E-state index contributed by atoms with van der Waals surface area (Å²) in [4.78, 5) is 13.6. The topological polar surface area (TPSA) is 78.3 Å². The highest BCUT2D eigenvalue weighted by Gasteiger charge is 2.17. The van der Waals surface area contributed by atoms with E-state index >= 15 is 0 Å². The summed E-state index contributed by atoms with van der Waals surface area (Å²) in [6.07, 6.45) is 0. The molecule has 3 aromatic rings. The average Bonchev–Trinajstić information content (AvgIpc) is 3.22. The van der Waals surface area contributed by atoms with Crippen LogP contribution in [0.25, 0.3) is 11.4 Å². The second-order valence-corrected chi connectivity index (χ2v) is 8.13. The zero-order valence-electron chi connectivity index (χ0n) is 16.4. The summed E-state index contributed by atoms with van der Waals surface area (Å²) >= 11 is 3.04. The van der Waals surface area contributed by atoms with Crippen molar-refractivity contribution in [1.29, 1.82) is 0 Å². The molecule has 2 aromatic heterocycles. The molecule has 0 fully saturated rings. The van der Waals surface area contributed by atoms with E-state index in [9.17, 15) is 4.79 Å². The molecular formula is C19H22N4O3S2. The summed E-state index contributed by atoms with van der Waals surface area (Å²) in [7, 11) is 5.04. The molecule has 28 heavy (non-hydrogen) atoms. The number of ether oxygens (including phenoxy) is 2. The number of hydrogen-bond acceptors (Lipinski definition) is 7. The van der Waals surface area contributed by atoms with E-state index in [1.165, 1.54) is 22.2 Å². The first-order chi connectivity index (χ1) is 13.4. The fraction of sp³-hybridized carbons (Fsp3) is 0.316. The average molecular weight is 419 g/mol. The second kappa shape index (κ2) is 8.66. The molecule has 1 amide bonds. The predicted molar refractivity (Wildman–Crippen MR) is 113 cm³/mol. The Hall–Kier alpha value is -2.52. The van der Waals surface area contributed by atoms with Gasteiger partial charge in [-0.25, -0.2) is 0 Å². The molecule has 0 unspecified atom stereocenters. The maximum absolute atomic E-state index is 12.4. The number of thiophene rings is 1. The van der Waals surface area contributed by atoms with Crippen molar-refractivity contribution in [2.75, 3.05) is 25.3 Å². The molecule has 0 radical (unpaired) electrons. The Bertz CT molecular complexity index is 997. The molecule has 7 nitrogen and oxygen atoms in total. The number of rotatable bonds is 7. The number of methoxy groups -OCH3 is 2. The molecule has 1 N–H and O–H groups in total. The molecule has 2 heterocycles. The lowest BCUT2D eigenvalue weighted by Gasteiger charge is -2.11. The Morgan fingerprint density at radius 3 is 2.68 bits per heavy atom. The summed E-state index contributed by atoms with van der Waals surface area (Å²) < 4.78 is 12.4. The van der Waals surface area contributed by atoms with Crippen molar-refractivity contribution < 1.29 is 14.3 Å². The van der Waals surface area contributed by atoms with Gasteiger partial charge in [-0.05, 0) is 31.5 Å². The summed E-state index contributed by atoms with van der Waals surface area (Å²) in [5, 5.41) is 14.2. The fourth-order valence-electron chi connectivity index (χ4n) is 2.63. The molecule has 0 spiro atoms. The summed E-state index contributed by atoms with van der Waals surface area (Å²) in [6, 6.07) is 5.25. The zero-order chi connectivity index (χ0) is 20.3. The molecular weight excluding hydrogens is 396 g/mol. The van der Waals surface area contributed by atoms with E-state index in [4.69, 9.17) is 9.47 Å². The highest BCUT2D eigenvalue weighted by Crippen LogP contribution is 2.31. The normalized spacial score (nSPS) is 10.8. The Balaban J connectivity index is 1.66. The maximum atomic E-state index is 12.4. The minimum Gasteiger partial charge on any atom is -0.497 e. The number of carbonyl (C=O) groups excluding carboxylic acids is 1. The van der Waals surface area contributed by atoms with Crippen LogP contribution in [-0.2, 0) is 11.8 Å². The van der Waals surface area contributed by atoms with Crippen molar-refractivity contribution in [1.82, 2.24) is 14.8 Å². The lowest BCUT2D eigenvalue weighted by atomic mass is 10.2. The Morgan fingerprint density at radius 1 is 1.25 bits per heavy atom. The molecule has 0 saturated carbocycles. The second-order valence-electron chi connectivity index (χ2n) is 6.10. The van der Waals surface area contributed by atoms with Crippen LogP contribution in [0, 0.1) is 13.8 Å². The first kappa shape index (κ1) is 20.2. The number of hydrogen-bond donors (Lipinski definition) is 1. The number of benzene rings is 1. The van der Waals surface area contributed by atoms with E-state index in [1.54, 1.807) is 43.8 Å². The van der Waals surface area contributed by atoms with Gasteiger partial charge in [0.25, 0.3) is 0 Å². The molecule has 0 saturated heterocycles. The van der Waals surface area contributed by atoms with Gasteiger partial charge in [-0.1, -0.05) is 11.8 Å². The van der Waals surface area contributed by atoms with Crippen LogP contribution < -0.4 is 14.8 Å². The van der Waals surface area contributed by atoms with Crippen LogP contribution in [0.5, 0.6) is 11.5 Å². The van der Waals surface area contributed by atoms with Gasteiger partial charge in [0.2, 0.25) is 5.91 Å². The van der Waals surface area contributed by atoms with E-state index in [0.29, 0.717) is 22.3 Å². The minimum atomic E-state index is -0.152. The number of anilines is 1. The van der Waals surface area contributed by atoms with Crippen LogP contribution in [0.4, 0.5) is 5.69 Å². The molecule has 148 valence electrons. The van der Waals surface area contributed by atoms with Gasteiger partial charge in [0, 0.05) is 28.9 Å². The molecule has 0 atom stereocenters. The Kier molecular flexibility index (Phi) is 6.25. The van der Waals surface area contributed by atoms with Crippen molar-refractivity contribution in [2.45, 2.75) is 19.0 Å². The monoisotopic (exact) mass is 418 g/mol. The SMILES string of the molecule is COc1ccc(NC(=O)CSc2nnc(-c3csc(C)c3C)n2C)c(OC)c1. The van der Waals surface area contributed by atoms with Gasteiger partial charge < -0.3 is 19.4 Å². The predicted octanol–water partition coefficient (Wildman–Crippen LogP) is 3.91. The Labute approximate surface area is 172 Å². The van der Waals surface area contributed by atoms with Gasteiger partial charge in [-0.15, -0.1) is 21.5 Å². The van der Waals surface area contributed by atoms with Crippen molar-refractivity contribution in [3.8, 4) is 22.9 Å². The van der Waals surface area contributed by atoms with Gasteiger partial charge in [-0.3, -0.25) is 4.79 Å². The van der Waals surface area contributed by atoms with Crippen LogP contribution in [0.15, 0.2) is 28.7 Å². The summed E-state index contributed by atoms with van der Waals surface area (Å²) in [5.74, 6) is 2.07. The standard InChI is InChI=1S/C19H22N4O3S2/c1-11-12(2)27-9-14(11)18-21-22-19(23(18)3)28-10-17(24)20-15-7-6-13(25-4)8-16(15)26-5/h6-9H,10H2,1-5H3,(H,20,24). The van der Waals surface area contributed by atoms with Crippen molar-refractivity contribution in [2.24, 2.45) is 7.05 Å². The van der Waals surface area contributed by atoms with Gasteiger partial charge in [0.1, 0.15) is 11.5 Å². The van der Waals surface area contributed by atoms with Crippen molar-refractivity contribution in [3.63, 3.8) is 0 Å². The number of nitrogens with zero attached hydrogens (tertiary/aromatic N) is 3. The molecule has 0 aliphatic heterocycles. The maximum Gasteiger partial charge on any atom is 0.234 e. The van der Waals surface area contributed by atoms with Crippen molar-refractivity contribution >= 4 is 34.7 Å². The van der Waals surface area contributed by atoms with Crippen LogP contribution in [0.3, 0.4) is 0 Å². The highest BCUT2D eigenvalue weighted by molar-refractivity contribution is 7.99. The van der Waals surface area contributed by atoms with E-state index < -0.39 is 0 Å². The van der Waals surface area contributed by atoms with Crippen LogP contribution in [0.2, 0.25) is 0 Å². The molecule has 3 rings (SSSR count). The van der Waals surface area contributed by atoms with Gasteiger partial charge in [0.05, 0.1) is 25.7 Å². The molecule has 0 aliphatic rings. The molecule has 9 heteroatoms. The zero-order valence-corrected chi connectivity index (χ0v) is 18.0. The van der Waals surface area contributed by atoms with Gasteiger partial charge >= 0.3 is 0 Å². The van der Waals surface area contributed by atoms with Crippen LogP contribution in [0.1, 0.15) is 10.4 Å². The summed E-state index contributed by atoms with van der Waals surface area (Å²) in [6.45, 7) is 4.17. The van der Waals surface area contributed by atoms with Gasteiger partial charge in [0.15, 0.2) is 11.0 Å². The van der Waals surface area contributed by atoms with Crippen LogP contribution in [-0.4, -0.2) is 40.6 Å². The number of aryl methyl sites for hydroxylation is 1. The quantitative estimate of drug-likeness (QED) is 0.586. The third kappa shape index (κ3) is 4.15. The smallest absolute Gasteiger partial charge is 0.234 e. The molecule has 1 aromatic carbocycles. The highest BCUT2D eigenvalue weighted by atomic mass is 32.2. The third-order valence-corrected chi connectivity index (χ3v) is 6.41. The summed E-state index contributed by atoms with van der Waals surface area (Å²) in [5.41, 5.74) is 2.88. The third-order valence-electron chi connectivity index (χ3n) is 4.38. The lowest BCUT2D eigenvalue weighted by Crippen LogP contribution is -2.15. The first-order valence-electron chi connectivity index (χ1n) is 8.53. The number of carbonyl (C=O) groups is 1. The molecule has 0 aliphatic carbocycles. The fourth-order valence-corrected chi connectivity index (χ4v) is 4.20. The Morgan fingerprint density at radius 2 is 2.04 bits per heavy atom. The largest absolute Gasteiger partial charge is 0.497 e.